The van der Waals surface area contributed by atoms with Crippen molar-refractivity contribution in [3.63, 3.8) is 0 Å². The van der Waals surface area contributed by atoms with Gasteiger partial charge in [-0.15, -0.1) is 0 Å². The first-order valence-corrected chi connectivity index (χ1v) is 5.31. The molecular formula is C12H14N2O3. The van der Waals surface area contributed by atoms with E-state index in [-0.39, 0.29) is 11.9 Å². The van der Waals surface area contributed by atoms with Crippen LogP contribution in [0.3, 0.4) is 0 Å². The van der Waals surface area contributed by atoms with Crippen LogP contribution in [0.2, 0.25) is 0 Å². The highest BCUT2D eigenvalue weighted by atomic mass is 16.5. The lowest BCUT2D eigenvalue weighted by Gasteiger charge is -2.32. The van der Waals surface area contributed by atoms with Gasteiger partial charge in [0, 0.05) is 7.05 Å². The van der Waals surface area contributed by atoms with Crippen molar-refractivity contribution in [2.24, 2.45) is 0 Å². The number of nitrogens with zero attached hydrogens (tertiary/aromatic N) is 1. The third kappa shape index (κ3) is 1.73. The first kappa shape index (κ1) is 11.4. The molecule has 1 unspecified atom stereocenters. The lowest BCUT2D eigenvalue weighted by Crippen LogP contribution is -2.44. The van der Waals surface area contributed by atoms with E-state index in [1.807, 2.05) is 6.07 Å². The Labute approximate surface area is 99.4 Å². The van der Waals surface area contributed by atoms with Crippen molar-refractivity contribution in [3.8, 4) is 0 Å². The molecule has 1 atom stereocenters. The second-order valence-corrected chi connectivity index (χ2v) is 3.96. The van der Waals surface area contributed by atoms with Crippen LogP contribution in [0, 0.1) is 0 Å². The standard InChI is InChI=1S/C12H14N2O3/c1-7-11(15)14(2)10-8(12(16)17-3)5-4-6-9(10)13-7/h4-7,13H,1-3H3. The van der Waals surface area contributed by atoms with Gasteiger partial charge >= 0.3 is 5.97 Å². The minimum absolute atomic E-state index is 0.0751. The van der Waals surface area contributed by atoms with Gasteiger partial charge in [-0.05, 0) is 19.1 Å². The van der Waals surface area contributed by atoms with Crippen molar-refractivity contribution in [1.29, 1.82) is 0 Å². The Morgan fingerprint density at radius 3 is 2.82 bits per heavy atom. The highest BCUT2D eigenvalue weighted by Crippen LogP contribution is 2.34. The highest BCUT2D eigenvalue weighted by molar-refractivity contribution is 6.10. The van der Waals surface area contributed by atoms with E-state index >= 15 is 0 Å². The Morgan fingerprint density at radius 2 is 2.18 bits per heavy atom. The molecule has 0 spiro atoms. The lowest BCUT2D eigenvalue weighted by molar-refractivity contribution is -0.118. The number of hydrogen-bond donors (Lipinski definition) is 1. The van der Waals surface area contributed by atoms with Crippen LogP contribution in [0.5, 0.6) is 0 Å². The molecule has 0 saturated carbocycles. The predicted octanol–water partition coefficient (Wildman–Crippen LogP) is 1.25. The zero-order chi connectivity index (χ0) is 12.6. The molecule has 0 bridgehead atoms. The maximum atomic E-state index is 11.9. The Hall–Kier alpha value is -2.04. The SMILES string of the molecule is COC(=O)c1cccc2c1N(C)C(=O)C(C)N2. The summed E-state index contributed by atoms with van der Waals surface area (Å²) >= 11 is 0. The molecule has 0 aromatic heterocycles. The number of nitrogens with one attached hydrogen (secondary N) is 1. The number of benzene rings is 1. The lowest BCUT2D eigenvalue weighted by atomic mass is 10.1. The summed E-state index contributed by atoms with van der Waals surface area (Å²) in [6.45, 7) is 1.78. The number of likely N-dealkylation sites (N-methyl/N-ethyl adjacent to an activating group) is 1. The van der Waals surface area contributed by atoms with Crippen LogP contribution in [-0.2, 0) is 9.53 Å². The molecule has 0 aliphatic carbocycles. The zero-order valence-corrected chi connectivity index (χ0v) is 9.98. The van der Waals surface area contributed by atoms with Gasteiger partial charge in [-0.1, -0.05) is 6.07 Å². The molecule has 17 heavy (non-hydrogen) atoms. The second kappa shape index (κ2) is 4.08. The normalized spacial score (nSPS) is 18.4. The Morgan fingerprint density at radius 1 is 1.47 bits per heavy atom. The Bertz CT molecular complexity index is 485. The average Bonchev–Trinajstić information content (AvgIpc) is 2.34. The number of para-hydroxylation sites is 1. The Balaban J connectivity index is 2.57. The summed E-state index contributed by atoms with van der Waals surface area (Å²) in [6, 6.07) is 4.95. The molecule has 1 aliphatic heterocycles. The van der Waals surface area contributed by atoms with Crippen molar-refractivity contribution in [2.75, 3.05) is 24.4 Å². The summed E-state index contributed by atoms with van der Waals surface area (Å²) in [6.07, 6.45) is 0. The molecule has 0 fully saturated rings. The summed E-state index contributed by atoms with van der Waals surface area (Å²) < 4.78 is 4.71. The van der Waals surface area contributed by atoms with E-state index in [0.717, 1.165) is 5.69 Å². The molecular weight excluding hydrogens is 220 g/mol. The monoisotopic (exact) mass is 234 g/mol. The fraction of sp³-hybridized carbons (Fsp3) is 0.333. The van der Waals surface area contributed by atoms with Crippen LogP contribution < -0.4 is 10.2 Å². The van der Waals surface area contributed by atoms with E-state index in [0.29, 0.717) is 11.3 Å². The van der Waals surface area contributed by atoms with Crippen LogP contribution >= 0.6 is 0 Å². The summed E-state index contributed by atoms with van der Waals surface area (Å²) in [5.74, 6) is -0.522. The summed E-state index contributed by atoms with van der Waals surface area (Å²) in [5, 5.41) is 3.06. The van der Waals surface area contributed by atoms with Gasteiger partial charge in [0.25, 0.3) is 0 Å². The van der Waals surface area contributed by atoms with E-state index in [9.17, 15) is 9.59 Å². The number of ether oxygens (including phenoxy) is 1. The quantitative estimate of drug-likeness (QED) is 0.743. The summed E-state index contributed by atoms with van der Waals surface area (Å²) in [4.78, 5) is 25.0. The van der Waals surface area contributed by atoms with Crippen molar-refractivity contribution in [2.45, 2.75) is 13.0 Å². The van der Waals surface area contributed by atoms with Crippen LogP contribution in [-0.4, -0.2) is 32.1 Å². The second-order valence-electron chi connectivity index (χ2n) is 3.96. The largest absolute Gasteiger partial charge is 0.465 e. The molecule has 90 valence electrons. The molecule has 1 heterocycles. The number of rotatable bonds is 1. The fourth-order valence-electron chi connectivity index (χ4n) is 1.99. The molecule has 1 aliphatic rings. The van der Waals surface area contributed by atoms with Gasteiger partial charge < -0.3 is 15.0 Å². The molecule has 1 amide bonds. The third-order valence-corrected chi connectivity index (χ3v) is 2.85. The van der Waals surface area contributed by atoms with E-state index in [2.05, 4.69) is 5.32 Å². The number of amides is 1. The van der Waals surface area contributed by atoms with E-state index < -0.39 is 5.97 Å². The maximum absolute atomic E-state index is 11.9. The van der Waals surface area contributed by atoms with Gasteiger partial charge in [-0.3, -0.25) is 4.79 Å². The first-order valence-electron chi connectivity index (χ1n) is 5.31. The van der Waals surface area contributed by atoms with Crippen LogP contribution in [0.4, 0.5) is 11.4 Å². The number of hydrogen-bond acceptors (Lipinski definition) is 4. The maximum Gasteiger partial charge on any atom is 0.340 e. The minimum Gasteiger partial charge on any atom is -0.465 e. The van der Waals surface area contributed by atoms with E-state index in [1.54, 1.807) is 26.1 Å². The number of esters is 1. The van der Waals surface area contributed by atoms with E-state index in [4.69, 9.17) is 4.74 Å². The van der Waals surface area contributed by atoms with Crippen molar-refractivity contribution < 1.29 is 14.3 Å². The molecule has 5 heteroatoms. The molecule has 1 aromatic carbocycles. The predicted molar refractivity (Wildman–Crippen MR) is 64.3 cm³/mol. The minimum atomic E-state index is -0.446. The molecule has 0 saturated heterocycles. The molecule has 2 rings (SSSR count). The van der Waals surface area contributed by atoms with Gasteiger partial charge in [0.15, 0.2) is 0 Å². The van der Waals surface area contributed by atoms with Gasteiger partial charge in [-0.2, -0.15) is 0 Å². The Kier molecular flexibility index (Phi) is 2.75. The number of methoxy groups -OCH3 is 1. The topological polar surface area (TPSA) is 58.6 Å². The summed E-state index contributed by atoms with van der Waals surface area (Å²) in [7, 11) is 2.98. The van der Waals surface area contributed by atoms with E-state index in [1.165, 1.54) is 12.0 Å². The third-order valence-electron chi connectivity index (χ3n) is 2.85. The average molecular weight is 234 g/mol. The van der Waals surface area contributed by atoms with Crippen molar-refractivity contribution in [1.82, 2.24) is 0 Å². The molecule has 5 nitrogen and oxygen atoms in total. The van der Waals surface area contributed by atoms with Crippen molar-refractivity contribution in [3.05, 3.63) is 23.8 Å². The number of carbonyl (C=O) groups is 2. The first-order chi connectivity index (χ1) is 8.06. The van der Waals surface area contributed by atoms with Gasteiger partial charge in [0.1, 0.15) is 6.04 Å². The smallest absolute Gasteiger partial charge is 0.340 e. The zero-order valence-electron chi connectivity index (χ0n) is 9.98. The van der Waals surface area contributed by atoms with Crippen LogP contribution in [0.1, 0.15) is 17.3 Å². The highest BCUT2D eigenvalue weighted by Gasteiger charge is 2.30. The number of fused-ring (bicyclic) bond motifs is 1. The van der Waals surface area contributed by atoms with Gasteiger partial charge in [0.05, 0.1) is 24.0 Å². The van der Waals surface area contributed by atoms with Crippen LogP contribution in [0.25, 0.3) is 0 Å². The number of carbonyl (C=O) groups excluding carboxylic acids is 2. The molecule has 1 aromatic rings. The molecule has 1 N–H and O–H groups in total. The van der Waals surface area contributed by atoms with Crippen molar-refractivity contribution >= 4 is 23.3 Å². The summed E-state index contributed by atoms with van der Waals surface area (Å²) in [5.41, 5.74) is 1.73. The van der Waals surface area contributed by atoms with Gasteiger partial charge in [0.2, 0.25) is 5.91 Å². The van der Waals surface area contributed by atoms with Crippen LogP contribution in [0.15, 0.2) is 18.2 Å². The molecule has 0 radical (unpaired) electrons. The van der Waals surface area contributed by atoms with Gasteiger partial charge in [-0.25, -0.2) is 4.79 Å². The number of anilines is 2. The fourth-order valence-corrected chi connectivity index (χ4v) is 1.99.